The van der Waals surface area contributed by atoms with Crippen molar-refractivity contribution in [1.29, 1.82) is 0 Å². The summed E-state index contributed by atoms with van der Waals surface area (Å²) in [6.07, 6.45) is 4.85. The van der Waals surface area contributed by atoms with Crippen LogP contribution in [-0.2, 0) is 29.3 Å². The highest BCUT2D eigenvalue weighted by Crippen LogP contribution is 2.30. The summed E-state index contributed by atoms with van der Waals surface area (Å²) >= 11 is 1.46. The van der Waals surface area contributed by atoms with Crippen molar-refractivity contribution in [3.63, 3.8) is 0 Å². The highest BCUT2D eigenvalue weighted by molar-refractivity contribution is 7.09. The lowest BCUT2D eigenvalue weighted by Gasteiger charge is -2.18. The summed E-state index contributed by atoms with van der Waals surface area (Å²) in [5.41, 5.74) is 6.40. The van der Waals surface area contributed by atoms with E-state index in [1.165, 1.54) is 42.6 Å². The molecule has 0 saturated heterocycles. The number of amides is 1. The molecule has 0 unspecified atom stereocenters. The molecule has 0 aliphatic rings. The van der Waals surface area contributed by atoms with E-state index in [0.717, 1.165) is 38.7 Å². The monoisotopic (exact) mass is 613 g/mol. The Balaban J connectivity index is 1.33. The fraction of sp³-hybridized carbons (Fsp3) is 0.361. The third kappa shape index (κ3) is 10.0. The number of hydrogen-bond acceptors (Lipinski definition) is 6. The van der Waals surface area contributed by atoms with Crippen LogP contribution < -0.4 is 10.1 Å². The Morgan fingerprint density at radius 2 is 1.68 bits per heavy atom. The topological polar surface area (TPSA) is 91.8 Å². The lowest BCUT2D eigenvalue weighted by atomic mass is 9.90. The number of rotatable bonds is 17. The van der Waals surface area contributed by atoms with Crippen molar-refractivity contribution < 1.29 is 19.4 Å². The Morgan fingerprint density at radius 3 is 2.34 bits per heavy atom. The van der Waals surface area contributed by atoms with Crippen LogP contribution in [0.15, 0.2) is 78.2 Å². The van der Waals surface area contributed by atoms with Gasteiger partial charge < -0.3 is 15.2 Å². The summed E-state index contributed by atoms with van der Waals surface area (Å²) in [4.78, 5) is 30.4. The van der Waals surface area contributed by atoms with Gasteiger partial charge in [0.15, 0.2) is 0 Å². The van der Waals surface area contributed by atoms with Crippen LogP contribution in [-0.4, -0.2) is 40.0 Å². The van der Waals surface area contributed by atoms with E-state index in [4.69, 9.17) is 9.72 Å². The van der Waals surface area contributed by atoms with E-state index in [1.54, 1.807) is 4.90 Å². The van der Waals surface area contributed by atoms with Gasteiger partial charge in [-0.1, -0.05) is 81.3 Å². The molecule has 4 rings (SSSR count). The van der Waals surface area contributed by atoms with E-state index >= 15 is 0 Å². The number of nitrogens with one attached hydrogen (secondary N) is 1. The Bertz CT molecular complexity index is 1480. The summed E-state index contributed by atoms with van der Waals surface area (Å²) in [6, 6.07) is 24.4. The van der Waals surface area contributed by atoms with Gasteiger partial charge in [-0.25, -0.2) is 4.98 Å². The minimum atomic E-state index is -0.989. The Labute approximate surface area is 264 Å². The lowest BCUT2D eigenvalue weighted by Crippen LogP contribution is -2.39. The smallest absolute Gasteiger partial charge is 0.317 e. The van der Waals surface area contributed by atoms with Gasteiger partial charge in [0, 0.05) is 17.5 Å². The van der Waals surface area contributed by atoms with Gasteiger partial charge >= 0.3 is 5.97 Å². The molecule has 232 valence electrons. The Hall–Kier alpha value is -4.01. The summed E-state index contributed by atoms with van der Waals surface area (Å²) in [6.45, 7) is 7.42. The molecule has 0 aliphatic carbocycles. The van der Waals surface area contributed by atoms with Gasteiger partial charge in [0.2, 0.25) is 5.91 Å². The number of aryl methyl sites for hydroxylation is 1. The molecule has 0 bridgehead atoms. The first-order valence-corrected chi connectivity index (χ1v) is 16.2. The number of nitrogens with zero attached hydrogens (tertiary/aromatic N) is 2. The van der Waals surface area contributed by atoms with Crippen LogP contribution in [0.5, 0.6) is 5.75 Å². The molecule has 0 spiro atoms. The zero-order valence-electron chi connectivity index (χ0n) is 25.9. The molecular formula is C36H43N3O4S. The van der Waals surface area contributed by atoms with Crippen molar-refractivity contribution in [2.24, 2.45) is 0 Å². The highest BCUT2D eigenvalue weighted by Gasteiger charge is 2.17. The van der Waals surface area contributed by atoms with Crippen LogP contribution in [0.4, 0.5) is 0 Å². The van der Waals surface area contributed by atoms with E-state index in [9.17, 15) is 14.7 Å². The summed E-state index contributed by atoms with van der Waals surface area (Å²) < 4.78 is 6.12. The van der Waals surface area contributed by atoms with E-state index in [0.29, 0.717) is 19.1 Å². The fourth-order valence-electron chi connectivity index (χ4n) is 5.35. The predicted octanol–water partition coefficient (Wildman–Crippen LogP) is 7.58. The number of carbonyl (C=O) groups is 2. The van der Waals surface area contributed by atoms with Gasteiger partial charge in [-0.3, -0.25) is 14.5 Å². The molecule has 1 amide bonds. The molecule has 0 saturated carbocycles. The van der Waals surface area contributed by atoms with Crippen LogP contribution in [0.3, 0.4) is 0 Å². The first-order valence-electron chi connectivity index (χ1n) is 15.4. The first-order chi connectivity index (χ1) is 21.3. The van der Waals surface area contributed by atoms with E-state index in [2.05, 4.69) is 43.4 Å². The third-order valence-electron chi connectivity index (χ3n) is 7.57. The second-order valence-corrected chi connectivity index (χ2v) is 12.2. The number of carbonyl (C=O) groups excluding carboxylic acids is 1. The van der Waals surface area contributed by atoms with Crippen LogP contribution in [0.25, 0.3) is 11.3 Å². The maximum absolute atomic E-state index is 12.6. The van der Waals surface area contributed by atoms with Crippen LogP contribution in [0.2, 0.25) is 0 Å². The average Bonchev–Trinajstić information content (AvgIpc) is 3.47. The lowest BCUT2D eigenvalue weighted by molar-refractivity contribution is -0.138. The van der Waals surface area contributed by atoms with Gasteiger partial charge in [-0.15, -0.1) is 11.3 Å². The summed E-state index contributed by atoms with van der Waals surface area (Å²) in [7, 11) is 0. The second-order valence-electron chi connectivity index (χ2n) is 11.2. The van der Waals surface area contributed by atoms with Crippen LogP contribution >= 0.6 is 11.3 Å². The third-order valence-corrected chi connectivity index (χ3v) is 8.41. The number of thiazole rings is 1. The van der Waals surface area contributed by atoms with Crippen LogP contribution in [0.1, 0.15) is 72.7 Å². The minimum Gasteiger partial charge on any atom is -0.489 e. The van der Waals surface area contributed by atoms with E-state index in [-0.39, 0.29) is 25.5 Å². The molecule has 0 atom stereocenters. The largest absolute Gasteiger partial charge is 0.489 e. The minimum absolute atomic E-state index is 0.0279. The molecule has 0 aliphatic heterocycles. The molecule has 0 fully saturated rings. The zero-order chi connectivity index (χ0) is 31.3. The summed E-state index contributed by atoms with van der Waals surface area (Å²) in [5, 5.41) is 15.0. The average molecular weight is 614 g/mol. The standard InChI is InChI=1S/C36H43N3O4S/c1-4-9-29(10-5-2)30-15-13-28(14-16-30)24-43-31-17-18-32(26(3)19-31)33-25-44-35(38-33)22-39(23-36(41)42)21-34(40)37-20-27-11-7-6-8-12-27/h6-8,11-19,25,29H,4-5,9-10,20-24H2,1-3H3,(H,37,40)(H,41,42). The zero-order valence-corrected chi connectivity index (χ0v) is 26.7. The fourth-order valence-corrected chi connectivity index (χ4v) is 6.19. The van der Waals surface area contributed by atoms with Crippen molar-refractivity contribution in [2.75, 3.05) is 13.1 Å². The SMILES string of the molecule is CCCC(CCC)c1ccc(COc2ccc(-c3csc(CN(CC(=O)O)CC(=O)NCc4ccccc4)n3)c(C)c2)cc1. The molecule has 3 aromatic carbocycles. The highest BCUT2D eigenvalue weighted by atomic mass is 32.1. The van der Waals surface area contributed by atoms with Crippen molar-refractivity contribution >= 4 is 23.2 Å². The van der Waals surface area contributed by atoms with Crippen molar-refractivity contribution in [1.82, 2.24) is 15.2 Å². The van der Waals surface area contributed by atoms with Gasteiger partial charge in [0.25, 0.3) is 0 Å². The second kappa shape index (κ2) is 16.7. The molecular weight excluding hydrogens is 570 g/mol. The van der Waals surface area contributed by atoms with Crippen LogP contribution in [0, 0.1) is 6.92 Å². The van der Waals surface area contributed by atoms with Gasteiger partial charge in [-0.2, -0.15) is 0 Å². The van der Waals surface area contributed by atoms with Crippen molar-refractivity contribution in [3.05, 3.63) is 105 Å². The number of aliphatic carboxylic acids is 1. The number of hydrogen-bond donors (Lipinski definition) is 2. The molecule has 0 radical (unpaired) electrons. The summed E-state index contributed by atoms with van der Waals surface area (Å²) in [5.74, 6) is 0.212. The van der Waals surface area contributed by atoms with Gasteiger partial charge in [0.05, 0.1) is 25.3 Å². The van der Waals surface area contributed by atoms with E-state index in [1.807, 2.05) is 60.8 Å². The number of benzene rings is 3. The Morgan fingerprint density at radius 1 is 0.955 bits per heavy atom. The maximum atomic E-state index is 12.6. The predicted molar refractivity (Wildman–Crippen MR) is 177 cm³/mol. The number of aromatic nitrogens is 1. The maximum Gasteiger partial charge on any atom is 0.317 e. The number of carboxylic acids is 1. The molecule has 1 aromatic heterocycles. The van der Waals surface area contributed by atoms with Gasteiger partial charge in [0.1, 0.15) is 17.4 Å². The van der Waals surface area contributed by atoms with Crippen molar-refractivity contribution in [3.8, 4) is 17.0 Å². The first kappa shape index (κ1) is 32.9. The molecule has 44 heavy (non-hydrogen) atoms. The molecule has 4 aromatic rings. The quantitative estimate of drug-likeness (QED) is 0.128. The number of ether oxygens (including phenoxy) is 1. The molecule has 8 heteroatoms. The molecule has 7 nitrogen and oxygen atoms in total. The molecule has 1 heterocycles. The number of carboxylic acid groups (broad SMARTS) is 1. The van der Waals surface area contributed by atoms with Crippen molar-refractivity contribution in [2.45, 2.75) is 72.1 Å². The Kier molecular flexibility index (Phi) is 12.5. The van der Waals surface area contributed by atoms with E-state index < -0.39 is 5.97 Å². The molecule has 2 N–H and O–H groups in total. The normalized spacial score (nSPS) is 11.2. The van der Waals surface area contributed by atoms with Gasteiger partial charge in [-0.05, 0) is 66.1 Å².